The first-order valence-corrected chi connectivity index (χ1v) is 4.51. The Morgan fingerprint density at radius 2 is 2.36 bits per heavy atom. The summed E-state index contributed by atoms with van der Waals surface area (Å²) in [4.78, 5) is 17.6. The molecule has 0 saturated carbocycles. The van der Waals surface area contributed by atoms with Crippen molar-refractivity contribution in [3.8, 4) is 0 Å². The molecule has 1 heterocycles. The van der Waals surface area contributed by atoms with Crippen LogP contribution in [0.4, 0.5) is 4.39 Å². The van der Waals surface area contributed by atoms with E-state index in [2.05, 4.69) is 25.9 Å². The molecule has 4 nitrogen and oxygen atoms in total. The van der Waals surface area contributed by atoms with Crippen LogP contribution in [0.15, 0.2) is 16.9 Å². The number of hydrogen-bond donors (Lipinski definition) is 2. The van der Waals surface area contributed by atoms with Gasteiger partial charge in [-0.2, -0.15) is 0 Å². The zero-order chi connectivity index (χ0) is 10.3. The molecule has 0 fully saturated rings. The minimum absolute atomic E-state index is 0.166. The van der Waals surface area contributed by atoms with Gasteiger partial charge in [-0.25, -0.2) is 9.37 Å². The van der Waals surface area contributed by atoms with Crippen LogP contribution in [0.2, 0.25) is 0 Å². The minimum atomic E-state index is -0.816. The molecule has 1 aromatic carbocycles. The van der Waals surface area contributed by atoms with Crippen molar-refractivity contribution >= 4 is 32.9 Å². The van der Waals surface area contributed by atoms with E-state index in [0.717, 1.165) is 0 Å². The molecule has 2 aromatic rings. The lowest BCUT2D eigenvalue weighted by molar-refractivity contribution is 0.0998. The first-order chi connectivity index (χ1) is 6.61. The lowest BCUT2D eigenvalue weighted by atomic mass is 10.1. The normalized spacial score (nSPS) is 10.7. The second-order valence-corrected chi connectivity index (χ2v) is 3.56. The molecule has 72 valence electrons. The Bertz CT molecular complexity index is 523. The maximum Gasteiger partial charge on any atom is 0.253 e. The van der Waals surface area contributed by atoms with Gasteiger partial charge in [-0.1, -0.05) is 0 Å². The number of imidazole rings is 1. The van der Waals surface area contributed by atoms with Crippen molar-refractivity contribution < 1.29 is 9.18 Å². The maximum atomic E-state index is 13.3. The summed E-state index contributed by atoms with van der Waals surface area (Å²) < 4.78 is 13.8. The zero-order valence-electron chi connectivity index (χ0n) is 6.84. The first kappa shape index (κ1) is 9.14. The SMILES string of the molecule is NC(=O)c1c(F)cc(Br)c2nc[nH]c12. The molecule has 1 aromatic heterocycles. The summed E-state index contributed by atoms with van der Waals surface area (Å²) in [5, 5.41) is 0. The molecule has 0 aliphatic heterocycles. The van der Waals surface area contributed by atoms with Gasteiger partial charge in [0, 0.05) is 4.47 Å². The zero-order valence-corrected chi connectivity index (χ0v) is 8.43. The van der Waals surface area contributed by atoms with Gasteiger partial charge in [0.2, 0.25) is 0 Å². The predicted octanol–water partition coefficient (Wildman–Crippen LogP) is 1.56. The number of halogens is 2. The molecule has 6 heteroatoms. The van der Waals surface area contributed by atoms with Crippen LogP contribution in [0, 0.1) is 5.82 Å². The summed E-state index contributed by atoms with van der Waals surface area (Å²) in [5.74, 6) is -1.48. The number of nitrogens with zero attached hydrogens (tertiary/aromatic N) is 1. The molecule has 0 radical (unpaired) electrons. The summed E-state index contributed by atoms with van der Waals surface area (Å²) >= 11 is 3.14. The van der Waals surface area contributed by atoms with Crippen LogP contribution < -0.4 is 5.73 Å². The molecule has 14 heavy (non-hydrogen) atoms. The summed E-state index contributed by atoms with van der Waals surface area (Å²) in [5.41, 5.74) is 5.68. The van der Waals surface area contributed by atoms with Gasteiger partial charge in [0.05, 0.1) is 11.8 Å². The highest BCUT2D eigenvalue weighted by molar-refractivity contribution is 9.10. The third-order valence-electron chi connectivity index (χ3n) is 1.85. The highest BCUT2D eigenvalue weighted by Crippen LogP contribution is 2.26. The van der Waals surface area contributed by atoms with E-state index in [0.29, 0.717) is 15.5 Å². The fourth-order valence-corrected chi connectivity index (χ4v) is 1.78. The summed E-state index contributed by atoms with van der Waals surface area (Å²) in [6, 6.07) is 1.17. The molecule has 1 amide bonds. The highest BCUT2D eigenvalue weighted by atomic mass is 79.9. The topological polar surface area (TPSA) is 71.8 Å². The maximum absolute atomic E-state index is 13.3. The van der Waals surface area contributed by atoms with E-state index < -0.39 is 11.7 Å². The van der Waals surface area contributed by atoms with Crippen molar-refractivity contribution in [2.75, 3.05) is 0 Å². The molecule has 0 saturated heterocycles. The number of nitrogens with one attached hydrogen (secondary N) is 1. The van der Waals surface area contributed by atoms with Gasteiger partial charge in [0.15, 0.2) is 0 Å². The van der Waals surface area contributed by atoms with Gasteiger partial charge in [0.25, 0.3) is 5.91 Å². The molecule has 0 unspecified atom stereocenters. The largest absolute Gasteiger partial charge is 0.365 e. The molecular formula is C8H5BrFN3O. The van der Waals surface area contributed by atoms with Crippen LogP contribution in [0.5, 0.6) is 0 Å². The Balaban J connectivity index is 2.93. The quantitative estimate of drug-likeness (QED) is 0.814. The fourth-order valence-electron chi connectivity index (χ4n) is 1.28. The van der Waals surface area contributed by atoms with Gasteiger partial charge in [-0.3, -0.25) is 4.79 Å². The number of hydrogen-bond acceptors (Lipinski definition) is 2. The number of benzene rings is 1. The molecule has 0 aliphatic rings. The van der Waals surface area contributed by atoms with E-state index in [4.69, 9.17) is 5.73 Å². The molecule has 0 bridgehead atoms. The van der Waals surface area contributed by atoms with Crippen molar-refractivity contribution in [1.29, 1.82) is 0 Å². The number of carbonyl (C=O) groups is 1. The van der Waals surface area contributed by atoms with Crippen LogP contribution in [0.1, 0.15) is 10.4 Å². The van der Waals surface area contributed by atoms with E-state index in [1.54, 1.807) is 0 Å². The van der Waals surface area contributed by atoms with Gasteiger partial charge in [-0.05, 0) is 22.0 Å². The number of carbonyl (C=O) groups excluding carboxylic acids is 1. The van der Waals surface area contributed by atoms with Crippen LogP contribution in [-0.2, 0) is 0 Å². The summed E-state index contributed by atoms with van der Waals surface area (Å²) in [6.45, 7) is 0. The van der Waals surface area contributed by atoms with Gasteiger partial charge in [-0.15, -0.1) is 0 Å². The lowest BCUT2D eigenvalue weighted by Gasteiger charge is -2.01. The summed E-state index contributed by atoms with van der Waals surface area (Å²) in [6.07, 6.45) is 1.38. The summed E-state index contributed by atoms with van der Waals surface area (Å²) in [7, 11) is 0. The Labute approximate surface area is 86.4 Å². The molecule has 0 spiro atoms. The monoisotopic (exact) mass is 257 g/mol. The van der Waals surface area contributed by atoms with E-state index in [1.807, 2.05) is 0 Å². The van der Waals surface area contributed by atoms with Crippen molar-refractivity contribution in [2.45, 2.75) is 0 Å². The van der Waals surface area contributed by atoms with Gasteiger partial charge >= 0.3 is 0 Å². The van der Waals surface area contributed by atoms with Crippen LogP contribution in [-0.4, -0.2) is 15.9 Å². The van der Waals surface area contributed by atoms with E-state index in [-0.39, 0.29) is 5.56 Å². The van der Waals surface area contributed by atoms with Gasteiger partial charge in [0.1, 0.15) is 16.9 Å². The fraction of sp³-hybridized carbons (Fsp3) is 0. The predicted molar refractivity (Wildman–Crippen MR) is 52.3 cm³/mol. The number of amides is 1. The third kappa shape index (κ3) is 1.19. The Hall–Kier alpha value is -1.43. The number of aromatic amines is 1. The molecule has 2 rings (SSSR count). The van der Waals surface area contributed by atoms with Crippen LogP contribution >= 0.6 is 15.9 Å². The highest BCUT2D eigenvalue weighted by Gasteiger charge is 2.16. The Kier molecular flexibility index (Phi) is 1.99. The Morgan fingerprint density at radius 1 is 1.64 bits per heavy atom. The van der Waals surface area contributed by atoms with Crippen molar-refractivity contribution in [2.24, 2.45) is 5.73 Å². The second-order valence-electron chi connectivity index (χ2n) is 2.71. The van der Waals surface area contributed by atoms with E-state index >= 15 is 0 Å². The van der Waals surface area contributed by atoms with Crippen molar-refractivity contribution in [3.05, 3.63) is 28.2 Å². The number of nitrogens with two attached hydrogens (primary N) is 1. The standard InChI is InChI=1S/C8H5BrFN3O/c9-3-1-4(10)5(8(11)14)7-6(3)12-2-13-7/h1-2H,(H2,11,14)(H,12,13). The molecule has 0 atom stereocenters. The smallest absolute Gasteiger partial charge is 0.253 e. The lowest BCUT2D eigenvalue weighted by Crippen LogP contribution is -2.14. The number of primary amides is 1. The molecular weight excluding hydrogens is 253 g/mol. The van der Waals surface area contributed by atoms with Crippen molar-refractivity contribution in [3.63, 3.8) is 0 Å². The molecule has 0 aliphatic carbocycles. The number of aromatic nitrogens is 2. The number of H-pyrrole nitrogens is 1. The van der Waals surface area contributed by atoms with Crippen LogP contribution in [0.25, 0.3) is 11.0 Å². The third-order valence-corrected chi connectivity index (χ3v) is 2.46. The number of rotatable bonds is 1. The Morgan fingerprint density at radius 3 is 3.00 bits per heavy atom. The first-order valence-electron chi connectivity index (χ1n) is 3.72. The van der Waals surface area contributed by atoms with Gasteiger partial charge < -0.3 is 10.7 Å². The van der Waals surface area contributed by atoms with Crippen LogP contribution in [0.3, 0.4) is 0 Å². The molecule has 3 N–H and O–H groups in total. The van der Waals surface area contributed by atoms with E-state index in [1.165, 1.54) is 12.4 Å². The average molecular weight is 258 g/mol. The number of fused-ring (bicyclic) bond motifs is 1. The second kappa shape index (κ2) is 3.06. The van der Waals surface area contributed by atoms with E-state index in [9.17, 15) is 9.18 Å². The van der Waals surface area contributed by atoms with Crippen molar-refractivity contribution in [1.82, 2.24) is 9.97 Å². The average Bonchev–Trinajstić information content (AvgIpc) is 2.51. The minimum Gasteiger partial charge on any atom is -0.365 e.